The molecule has 0 aliphatic rings. The first-order valence-electron chi connectivity index (χ1n) is 10.3. The quantitative estimate of drug-likeness (QED) is 0.368. The smallest absolute Gasteiger partial charge is 0.322 e. The van der Waals surface area contributed by atoms with Gasteiger partial charge in [0.1, 0.15) is 17.3 Å². The average molecular weight is 499 g/mol. The van der Waals surface area contributed by atoms with Gasteiger partial charge in [0, 0.05) is 18.7 Å². The number of benzene rings is 2. The number of methoxy groups -OCH3 is 2. The van der Waals surface area contributed by atoms with Gasteiger partial charge in [0.25, 0.3) is 11.8 Å². The largest absolute Gasteiger partial charge is 0.497 e. The van der Waals surface area contributed by atoms with E-state index in [2.05, 4.69) is 15.5 Å². The molecule has 12 heteroatoms. The minimum atomic E-state index is -3.78. The number of sulfonamides is 1. The summed E-state index contributed by atoms with van der Waals surface area (Å²) < 4.78 is 48.0. The van der Waals surface area contributed by atoms with Crippen LogP contribution in [-0.4, -0.2) is 50.1 Å². The number of carbonyl (C=O) groups excluding carboxylic acids is 1. The van der Waals surface area contributed by atoms with Gasteiger partial charge in [-0.3, -0.25) is 10.1 Å². The van der Waals surface area contributed by atoms with Gasteiger partial charge in [0.05, 0.1) is 37.5 Å². The third-order valence-corrected chi connectivity index (χ3v) is 6.89. The van der Waals surface area contributed by atoms with Crippen molar-refractivity contribution >= 4 is 21.9 Å². The number of anilines is 1. The second kappa shape index (κ2) is 9.99. The summed E-state index contributed by atoms with van der Waals surface area (Å²) in [6.07, 6.45) is 1.48. The van der Waals surface area contributed by atoms with Gasteiger partial charge in [-0.05, 0) is 48.5 Å². The first-order chi connectivity index (χ1) is 16.8. The molecule has 0 radical (unpaired) electrons. The SMILES string of the molecule is COc1ccc(-c2nnc(NC(=O)c3ccc(S(=O)(=O)N(C)Cc4ccco4)cc3)o2)c(OC)c1. The molecule has 11 nitrogen and oxygen atoms in total. The highest BCUT2D eigenvalue weighted by Crippen LogP contribution is 2.33. The molecular weight excluding hydrogens is 476 g/mol. The van der Waals surface area contributed by atoms with Crippen LogP contribution in [0.4, 0.5) is 6.01 Å². The molecule has 2 aromatic carbocycles. The maximum absolute atomic E-state index is 12.8. The molecule has 0 spiro atoms. The Morgan fingerprint density at radius 1 is 1.06 bits per heavy atom. The monoisotopic (exact) mass is 498 g/mol. The number of carbonyl (C=O) groups is 1. The van der Waals surface area contributed by atoms with Crippen LogP contribution in [0.5, 0.6) is 11.5 Å². The van der Waals surface area contributed by atoms with E-state index in [1.165, 1.54) is 51.8 Å². The van der Waals surface area contributed by atoms with Crippen LogP contribution in [0.25, 0.3) is 11.5 Å². The molecule has 4 rings (SSSR count). The Kier molecular flexibility index (Phi) is 6.85. The number of nitrogens with one attached hydrogen (secondary N) is 1. The normalized spacial score (nSPS) is 11.4. The van der Waals surface area contributed by atoms with E-state index in [0.29, 0.717) is 22.8 Å². The van der Waals surface area contributed by atoms with E-state index in [1.807, 2.05) is 0 Å². The van der Waals surface area contributed by atoms with Crippen LogP contribution in [0.2, 0.25) is 0 Å². The highest BCUT2D eigenvalue weighted by atomic mass is 32.2. The molecule has 0 atom stereocenters. The fraction of sp³-hybridized carbons (Fsp3) is 0.174. The molecule has 35 heavy (non-hydrogen) atoms. The van der Waals surface area contributed by atoms with E-state index in [-0.39, 0.29) is 28.9 Å². The van der Waals surface area contributed by atoms with Gasteiger partial charge in [-0.2, -0.15) is 4.31 Å². The lowest BCUT2D eigenvalue weighted by Gasteiger charge is -2.16. The summed E-state index contributed by atoms with van der Waals surface area (Å²) in [4.78, 5) is 12.7. The number of rotatable bonds is 9. The van der Waals surface area contributed by atoms with Gasteiger partial charge in [-0.25, -0.2) is 8.42 Å². The van der Waals surface area contributed by atoms with Crippen LogP contribution >= 0.6 is 0 Å². The number of furan rings is 1. The van der Waals surface area contributed by atoms with Gasteiger partial charge >= 0.3 is 6.01 Å². The molecule has 2 aromatic heterocycles. The molecular formula is C23H22N4O7S. The fourth-order valence-corrected chi connectivity index (χ4v) is 4.33. The molecule has 182 valence electrons. The Balaban J connectivity index is 1.45. The Labute approximate surface area is 201 Å². The zero-order valence-corrected chi connectivity index (χ0v) is 19.9. The molecule has 0 saturated carbocycles. The Bertz CT molecular complexity index is 1410. The minimum Gasteiger partial charge on any atom is -0.497 e. The van der Waals surface area contributed by atoms with E-state index in [9.17, 15) is 13.2 Å². The van der Waals surface area contributed by atoms with Crippen LogP contribution in [0.15, 0.2) is 74.6 Å². The molecule has 2 heterocycles. The van der Waals surface area contributed by atoms with Crippen LogP contribution in [-0.2, 0) is 16.6 Å². The molecule has 0 aliphatic heterocycles. The summed E-state index contributed by atoms with van der Waals surface area (Å²) in [6, 6.07) is 13.8. The van der Waals surface area contributed by atoms with Crippen molar-refractivity contribution in [2.24, 2.45) is 0 Å². The molecule has 0 aliphatic carbocycles. The van der Waals surface area contributed by atoms with Crippen LogP contribution in [0.3, 0.4) is 0 Å². The van der Waals surface area contributed by atoms with Crippen molar-refractivity contribution in [2.75, 3.05) is 26.6 Å². The zero-order valence-electron chi connectivity index (χ0n) is 19.1. The Hall–Kier alpha value is -4.16. The molecule has 0 saturated heterocycles. The lowest BCUT2D eigenvalue weighted by Crippen LogP contribution is -2.26. The van der Waals surface area contributed by atoms with E-state index in [1.54, 1.807) is 30.3 Å². The predicted octanol–water partition coefficient (Wildman–Crippen LogP) is 3.42. The third-order valence-electron chi connectivity index (χ3n) is 5.07. The fourth-order valence-electron chi connectivity index (χ4n) is 3.19. The topological polar surface area (TPSA) is 137 Å². The van der Waals surface area contributed by atoms with E-state index in [4.69, 9.17) is 18.3 Å². The van der Waals surface area contributed by atoms with Crippen molar-refractivity contribution in [1.82, 2.24) is 14.5 Å². The maximum Gasteiger partial charge on any atom is 0.322 e. The van der Waals surface area contributed by atoms with Crippen molar-refractivity contribution in [3.63, 3.8) is 0 Å². The number of hydrogen-bond acceptors (Lipinski definition) is 9. The highest BCUT2D eigenvalue weighted by molar-refractivity contribution is 7.89. The lowest BCUT2D eigenvalue weighted by molar-refractivity contribution is 0.102. The number of hydrogen-bond donors (Lipinski definition) is 1. The Morgan fingerprint density at radius 2 is 1.83 bits per heavy atom. The van der Waals surface area contributed by atoms with Crippen molar-refractivity contribution < 1.29 is 31.5 Å². The minimum absolute atomic E-state index is 0.0368. The summed E-state index contributed by atoms with van der Waals surface area (Å²) in [5.41, 5.74) is 0.731. The van der Waals surface area contributed by atoms with Gasteiger partial charge in [-0.1, -0.05) is 5.10 Å². The first-order valence-corrected chi connectivity index (χ1v) is 11.7. The van der Waals surface area contributed by atoms with Crippen LogP contribution in [0.1, 0.15) is 16.1 Å². The van der Waals surface area contributed by atoms with E-state index in [0.717, 1.165) is 4.31 Å². The standard InChI is InChI=1S/C23H22N4O7S/c1-27(14-17-5-4-12-33-17)35(29,30)18-9-6-15(7-10-18)21(28)24-23-26-25-22(34-23)19-11-8-16(31-2)13-20(19)32-3/h4-13H,14H2,1-3H3,(H,24,26,28). The summed E-state index contributed by atoms with van der Waals surface area (Å²) in [6.45, 7) is 0.0794. The van der Waals surface area contributed by atoms with E-state index < -0.39 is 15.9 Å². The summed E-state index contributed by atoms with van der Waals surface area (Å²) in [7, 11) is 0.706. The van der Waals surface area contributed by atoms with Crippen LogP contribution in [0, 0.1) is 0 Å². The van der Waals surface area contributed by atoms with Gasteiger partial charge in [0.2, 0.25) is 10.0 Å². The number of aromatic nitrogens is 2. The second-order valence-corrected chi connectivity index (χ2v) is 9.34. The van der Waals surface area contributed by atoms with Crippen molar-refractivity contribution in [3.05, 3.63) is 72.2 Å². The van der Waals surface area contributed by atoms with Gasteiger partial charge in [0.15, 0.2) is 0 Å². The summed E-state index contributed by atoms with van der Waals surface area (Å²) >= 11 is 0. The predicted molar refractivity (Wildman–Crippen MR) is 125 cm³/mol. The van der Waals surface area contributed by atoms with Gasteiger partial charge in [-0.15, -0.1) is 5.10 Å². The number of nitrogens with zero attached hydrogens (tertiary/aromatic N) is 3. The molecule has 0 fully saturated rings. The van der Waals surface area contributed by atoms with Crippen molar-refractivity contribution in [2.45, 2.75) is 11.4 Å². The van der Waals surface area contributed by atoms with Crippen molar-refractivity contribution in [1.29, 1.82) is 0 Å². The number of amides is 1. The van der Waals surface area contributed by atoms with Crippen LogP contribution < -0.4 is 14.8 Å². The maximum atomic E-state index is 12.8. The molecule has 0 bridgehead atoms. The zero-order chi connectivity index (χ0) is 25.0. The number of ether oxygens (including phenoxy) is 2. The third kappa shape index (κ3) is 5.18. The summed E-state index contributed by atoms with van der Waals surface area (Å²) in [5.74, 6) is 1.16. The second-order valence-electron chi connectivity index (χ2n) is 7.30. The Morgan fingerprint density at radius 3 is 2.49 bits per heavy atom. The molecule has 0 unspecified atom stereocenters. The summed E-state index contributed by atoms with van der Waals surface area (Å²) in [5, 5.41) is 10.3. The van der Waals surface area contributed by atoms with E-state index >= 15 is 0 Å². The molecule has 1 N–H and O–H groups in total. The molecule has 4 aromatic rings. The molecule has 1 amide bonds. The lowest BCUT2D eigenvalue weighted by atomic mass is 10.2. The van der Waals surface area contributed by atoms with Gasteiger partial charge < -0.3 is 18.3 Å². The van der Waals surface area contributed by atoms with Crippen molar-refractivity contribution in [3.8, 4) is 23.0 Å². The highest BCUT2D eigenvalue weighted by Gasteiger charge is 2.22. The average Bonchev–Trinajstić information content (AvgIpc) is 3.56. The first kappa shape index (κ1) is 24.0.